The van der Waals surface area contributed by atoms with Crippen LogP contribution in [-0.2, 0) is 0 Å². The SMILES string of the molecule is CC(C)/C=C\c1cc(OC(C)C)cc(C(=O)Nc2ncc(C(=O)O)s2)c1. The molecule has 0 bridgehead atoms. The van der Waals surface area contributed by atoms with Crippen LogP contribution in [0.1, 0.15) is 53.3 Å². The van der Waals surface area contributed by atoms with Crippen molar-refractivity contribution in [3.05, 3.63) is 46.5 Å². The number of hydrogen-bond acceptors (Lipinski definition) is 5. The number of ether oxygens (including phenoxy) is 1. The minimum Gasteiger partial charge on any atom is -0.491 e. The number of aromatic carboxylic acids is 1. The lowest BCUT2D eigenvalue weighted by molar-refractivity contribution is 0.0701. The monoisotopic (exact) mass is 374 g/mol. The molecule has 0 radical (unpaired) electrons. The number of benzene rings is 1. The highest BCUT2D eigenvalue weighted by Crippen LogP contribution is 2.23. The molecule has 0 atom stereocenters. The first-order valence-corrected chi connectivity index (χ1v) is 9.06. The molecular formula is C19H22N2O4S. The molecule has 7 heteroatoms. The Morgan fingerprint density at radius 3 is 2.54 bits per heavy atom. The van der Waals surface area contributed by atoms with E-state index in [1.807, 2.05) is 32.1 Å². The zero-order valence-electron chi connectivity index (χ0n) is 15.1. The van der Waals surface area contributed by atoms with Crippen LogP contribution in [0.5, 0.6) is 5.75 Å². The summed E-state index contributed by atoms with van der Waals surface area (Å²) in [4.78, 5) is 27.5. The number of carboxylic acids is 1. The van der Waals surface area contributed by atoms with Crippen LogP contribution >= 0.6 is 11.3 Å². The highest BCUT2D eigenvalue weighted by molar-refractivity contribution is 7.17. The van der Waals surface area contributed by atoms with Gasteiger partial charge in [-0.25, -0.2) is 9.78 Å². The minimum absolute atomic E-state index is 0.0210. The van der Waals surface area contributed by atoms with Crippen LogP contribution in [-0.4, -0.2) is 28.1 Å². The van der Waals surface area contributed by atoms with Gasteiger partial charge in [0.05, 0.1) is 12.3 Å². The number of rotatable bonds is 7. The molecule has 1 aromatic heterocycles. The Balaban J connectivity index is 2.28. The van der Waals surface area contributed by atoms with Gasteiger partial charge in [-0.1, -0.05) is 37.3 Å². The topological polar surface area (TPSA) is 88.5 Å². The molecule has 1 aromatic carbocycles. The molecule has 1 amide bonds. The van der Waals surface area contributed by atoms with Crippen LogP contribution < -0.4 is 10.1 Å². The van der Waals surface area contributed by atoms with Crippen LogP contribution in [0.15, 0.2) is 30.5 Å². The molecule has 6 nitrogen and oxygen atoms in total. The van der Waals surface area contributed by atoms with E-state index < -0.39 is 5.97 Å². The molecule has 0 fully saturated rings. The van der Waals surface area contributed by atoms with Crippen molar-refractivity contribution in [2.45, 2.75) is 33.8 Å². The zero-order valence-corrected chi connectivity index (χ0v) is 16.0. The summed E-state index contributed by atoms with van der Waals surface area (Å²) in [5.41, 5.74) is 1.27. The molecule has 2 aromatic rings. The van der Waals surface area contributed by atoms with Crippen LogP contribution in [0, 0.1) is 5.92 Å². The summed E-state index contributed by atoms with van der Waals surface area (Å²) in [6.07, 6.45) is 5.18. The van der Waals surface area contributed by atoms with Gasteiger partial charge in [0, 0.05) is 5.56 Å². The number of nitrogens with one attached hydrogen (secondary N) is 1. The summed E-state index contributed by atoms with van der Waals surface area (Å²) in [5.74, 6) is -0.464. The van der Waals surface area contributed by atoms with Gasteiger partial charge in [-0.05, 0) is 43.5 Å². The zero-order chi connectivity index (χ0) is 19.3. The van der Waals surface area contributed by atoms with Crippen molar-refractivity contribution in [1.82, 2.24) is 4.98 Å². The summed E-state index contributed by atoms with van der Waals surface area (Å²) >= 11 is 0.909. The van der Waals surface area contributed by atoms with Crippen LogP contribution in [0.2, 0.25) is 0 Å². The second kappa shape index (κ2) is 8.62. The Morgan fingerprint density at radius 2 is 1.96 bits per heavy atom. The first-order valence-electron chi connectivity index (χ1n) is 8.25. The summed E-state index contributed by atoms with van der Waals surface area (Å²) in [7, 11) is 0. The van der Waals surface area contributed by atoms with Gasteiger partial charge in [0.15, 0.2) is 5.13 Å². The van der Waals surface area contributed by atoms with Gasteiger partial charge in [-0.15, -0.1) is 0 Å². The highest BCUT2D eigenvalue weighted by Gasteiger charge is 2.14. The third kappa shape index (κ3) is 5.70. The summed E-state index contributed by atoms with van der Waals surface area (Å²) in [5, 5.41) is 11.8. The Kier molecular flexibility index (Phi) is 6.52. The van der Waals surface area contributed by atoms with Gasteiger partial charge in [-0.3, -0.25) is 10.1 Å². The number of hydrogen-bond donors (Lipinski definition) is 2. The number of carboxylic acid groups (broad SMARTS) is 1. The van der Waals surface area contributed by atoms with E-state index in [-0.39, 0.29) is 22.0 Å². The van der Waals surface area contributed by atoms with E-state index >= 15 is 0 Å². The molecular weight excluding hydrogens is 352 g/mol. The fourth-order valence-electron chi connectivity index (χ4n) is 2.09. The van der Waals surface area contributed by atoms with E-state index in [9.17, 15) is 9.59 Å². The Bertz CT molecular complexity index is 825. The van der Waals surface area contributed by atoms with Gasteiger partial charge in [0.25, 0.3) is 5.91 Å². The number of allylic oxidation sites excluding steroid dienone is 1. The quantitative estimate of drug-likeness (QED) is 0.742. The van der Waals surface area contributed by atoms with Crippen molar-refractivity contribution in [2.75, 3.05) is 5.32 Å². The molecule has 0 unspecified atom stereocenters. The van der Waals surface area contributed by atoms with Crippen LogP contribution in [0.25, 0.3) is 6.08 Å². The van der Waals surface area contributed by atoms with Crippen LogP contribution in [0.3, 0.4) is 0 Å². The van der Waals surface area contributed by atoms with Crippen molar-refractivity contribution < 1.29 is 19.4 Å². The van der Waals surface area contributed by atoms with Crippen molar-refractivity contribution in [3.63, 3.8) is 0 Å². The maximum Gasteiger partial charge on any atom is 0.347 e. The van der Waals surface area contributed by atoms with E-state index in [1.165, 1.54) is 6.20 Å². The lowest BCUT2D eigenvalue weighted by atomic mass is 10.1. The van der Waals surface area contributed by atoms with E-state index in [2.05, 4.69) is 24.1 Å². The first kappa shape index (κ1) is 19.7. The smallest absolute Gasteiger partial charge is 0.347 e. The van der Waals surface area contributed by atoms with E-state index in [0.29, 0.717) is 17.2 Å². The number of thiazole rings is 1. The number of anilines is 1. The molecule has 2 rings (SSSR count). The number of carbonyl (C=O) groups is 2. The van der Waals surface area contributed by atoms with Gasteiger partial charge >= 0.3 is 5.97 Å². The van der Waals surface area contributed by atoms with Crippen molar-refractivity contribution in [2.24, 2.45) is 5.92 Å². The Labute approximate surface area is 156 Å². The number of aromatic nitrogens is 1. The van der Waals surface area contributed by atoms with E-state index in [1.54, 1.807) is 12.1 Å². The molecule has 138 valence electrons. The summed E-state index contributed by atoms with van der Waals surface area (Å²) in [6, 6.07) is 5.29. The highest BCUT2D eigenvalue weighted by atomic mass is 32.1. The Morgan fingerprint density at radius 1 is 1.23 bits per heavy atom. The maximum atomic E-state index is 12.6. The molecule has 0 aliphatic rings. The standard InChI is InChI=1S/C19H22N2O4S/c1-11(2)5-6-13-7-14(9-15(8-13)25-12(3)4)17(22)21-19-20-10-16(26-19)18(23)24/h5-12H,1-4H3,(H,23,24)(H,20,21,22)/b6-5-. The van der Waals surface area contributed by atoms with Crippen LogP contribution in [0.4, 0.5) is 5.13 Å². The summed E-state index contributed by atoms with van der Waals surface area (Å²) in [6.45, 7) is 7.97. The molecule has 0 aliphatic carbocycles. The fraction of sp³-hybridized carbons (Fsp3) is 0.316. The lowest BCUT2D eigenvalue weighted by Gasteiger charge is -2.12. The third-order valence-electron chi connectivity index (χ3n) is 3.17. The van der Waals surface area contributed by atoms with Crippen molar-refractivity contribution in [1.29, 1.82) is 0 Å². The largest absolute Gasteiger partial charge is 0.491 e. The molecule has 0 spiro atoms. The number of carbonyl (C=O) groups excluding carboxylic acids is 1. The van der Waals surface area contributed by atoms with Crippen molar-refractivity contribution >= 4 is 34.4 Å². The summed E-state index contributed by atoms with van der Waals surface area (Å²) < 4.78 is 5.73. The molecule has 0 saturated heterocycles. The number of amides is 1. The second-order valence-corrected chi connectivity index (χ2v) is 7.38. The fourth-order valence-corrected chi connectivity index (χ4v) is 2.74. The lowest BCUT2D eigenvalue weighted by Crippen LogP contribution is -2.13. The van der Waals surface area contributed by atoms with Gasteiger partial charge < -0.3 is 9.84 Å². The molecule has 0 aliphatic heterocycles. The normalized spacial score (nSPS) is 11.3. The third-order valence-corrected chi connectivity index (χ3v) is 4.07. The molecule has 1 heterocycles. The molecule has 26 heavy (non-hydrogen) atoms. The second-order valence-electron chi connectivity index (χ2n) is 6.35. The number of nitrogens with zero attached hydrogens (tertiary/aromatic N) is 1. The van der Waals surface area contributed by atoms with E-state index in [0.717, 1.165) is 16.9 Å². The molecule has 0 saturated carbocycles. The minimum atomic E-state index is -1.07. The van der Waals surface area contributed by atoms with Gasteiger partial charge in [0.1, 0.15) is 10.6 Å². The van der Waals surface area contributed by atoms with Crippen molar-refractivity contribution in [3.8, 4) is 5.75 Å². The maximum absolute atomic E-state index is 12.6. The average Bonchev–Trinajstić information content (AvgIpc) is 3.01. The first-order chi connectivity index (χ1) is 12.2. The average molecular weight is 374 g/mol. The van der Waals surface area contributed by atoms with Gasteiger partial charge in [0.2, 0.25) is 0 Å². The Hall–Kier alpha value is -2.67. The van der Waals surface area contributed by atoms with E-state index in [4.69, 9.17) is 9.84 Å². The van der Waals surface area contributed by atoms with Gasteiger partial charge in [-0.2, -0.15) is 0 Å². The predicted octanol–water partition coefficient (Wildman–Crippen LogP) is 4.55. The predicted molar refractivity (Wildman–Crippen MR) is 103 cm³/mol. The molecule has 2 N–H and O–H groups in total.